The van der Waals surface area contributed by atoms with Crippen LogP contribution in [0.4, 0.5) is 5.69 Å². The zero-order valence-corrected chi connectivity index (χ0v) is 13.6. The molecule has 1 saturated heterocycles. The molecule has 4 nitrogen and oxygen atoms in total. The fraction of sp³-hybridized carbons (Fsp3) is 0.533. The number of hydrogen-bond donors (Lipinski definition) is 3. The summed E-state index contributed by atoms with van der Waals surface area (Å²) in [5.74, 6) is 1.70. The molecule has 1 heterocycles. The number of amides is 1. The van der Waals surface area contributed by atoms with Crippen molar-refractivity contribution in [3.05, 3.63) is 29.3 Å². The molecule has 1 aliphatic heterocycles. The lowest BCUT2D eigenvalue weighted by Crippen LogP contribution is -2.44. The SMILES string of the molecule is CC(CC(=O)Nc1cccc(Cl)c1)NCC1(O)CCSC1. The van der Waals surface area contributed by atoms with Gasteiger partial charge in [-0.15, -0.1) is 0 Å². The van der Waals surface area contributed by atoms with Gasteiger partial charge in [0.05, 0.1) is 5.60 Å². The molecule has 3 N–H and O–H groups in total. The second-order valence-corrected chi connectivity index (χ2v) is 7.11. The predicted octanol–water partition coefficient (Wildman–Crippen LogP) is 2.51. The molecule has 0 aromatic heterocycles. The Morgan fingerprint density at radius 2 is 2.38 bits per heavy atom. The summed E-state index contributed by atoms with van der Waals surface area (Å²) in [6, 6.07) is 7.10. The van der Waals surface area contributed by atoms with Crippen LogP contribution >= 0.6 is 23.4 Å². The van der Waals surface area contributed by atoms with Crippen LogP contribution in [0.5, 0.6) is 0 Å². The molecule has 0 saturated carbocycles. The number of carbonyl (C=O) groups is 1. The number of thioether (sulfide) groups is 1. The van der Waals surface area contributed by atoms with Gasteiger partial charge in [0.25, 0.3) is 0 Å². The summed E-state index contributed by atoms with van der Waals surface area (Å²) in [6.07, 6.45) is 1.17. The number of benzene rings is 1. The third-order valence-corrected chi connectivity index (χ3v) is 4.93. The highest BCUT2D eigenvalue weighted by atomic mass is 35.5. The molecule has 0 bridgehead atoms. The third-order valence-electron chi connectivity index (χ3n) is 3.46. The molecule has 0 aliphatic carbocycles. The van der Waals surface area contributed by atoms with E-state index in [0.29, 0.717) is 23.7 Å². The third kappa shape index (κ3) is 5.51. The van der Waals surface area contributed by atoms with Gasteiger partial charge in [-0.2, -0.15) is 11.8 Å². The van der Waals surface area contributed by atoms with E-state index in [1.54, 1.807) is 36.0 Å². The highest BCUT2D eigenvalue weighted by Gasteiger charge is 2.31. The van der Waals surface area contributed by atoms with Crippen molar-refractivity contribution in [2.75, 3.05) is 23.4 Å². The van der Waals surface area contributed by atoms with Gasteiger partial charge in [-0.1, -0.05) is 17.7 Å². The minimum absolute atomic E-state index is 0.0128. The molecular formula is C15H21ClN2O2S. The second kappa shape index (κ2) is 7.49. The smallest absolute Gasteiger partial charge is 0.225 e. The Balaban J connectivity index is 1.74. The van der Waals surface area contributed by atoms with Crippen molar-refractivity contribution in [3.63, 3.8) is 0 Å². The maximum Gasteiger partial charge on any atom is 0.225 e. The Kier molecular flexibility index (Phi) is 5.93. The Morgan fingerprint density at radius 3 is 3.05 bits per heavy atom. The molecule has 1 aromatic carbocycles. The van der Waals surface area contributed by atoms with Crippen molar-refractivity contribution < 1.29 is 9.90 Å². The first-order valence-corrected chi connectivity index (χ1v) is 8.59. The van der Waals surface area contributed by atoms with Crippen molar-refractivity contribution in [3.8, 4) is 0 Å². The van der Waals surface area contributed by atoms with Crippen LogP contribution in [0.3, 0.4) is 0 Å². The van der Waals surface area contributed by atoms with Gasteiger partial charge in [0, 0.05) is 35.5 Å². The first kappa shape index (κ1) is 16.6. The molecule has 2 atom stereocenters. The fourth-order valence-electron chi connectivity index (χ4n) is 2.23. The van der Waals surface area contributed by atoms with Crippen LogP contribution in [0.15, 0.2) is 24.3 Å². The van der Waals surface area contributed by atoms with Gasteiger partial charge in [0.1, 0.15) is 0 Å². The van der Waals surface area contributed by atoms with E-state index < -0.39 is 5.60 Å². The Labute approximate surface area is 134 Å². The largest absolute Gasteiger partial charge is 0.388 e. The lowest BCUT2D eigenvalue weighted by atomic mass is 10.0. The maximum atomic E-state index is 11.9. The Hall–Kier alpha value is -0.750. The predicted molar refractivity (Wildman–Crippen MR) is 89.1 cm³/mol. The van der Waals surface area contributed by atoms with Gasteiger partial charge in [-0.3, -0.25) is 4.79 Å². The molecule has 2 unspecified atom stereocenters. The average molecular weight is 329 g/mol. The molecule has 1 aliphatic rings. The van der Waals surface area contributed by atoms with E-state index in [2.05, 4.69) is 10.6 Å². The summed E-state index contributed by atoms with van der Waals surface area (Å²) < 4.78 is 0. The summed E-state index contributed by atoms with van der Waals surface area (Å²) in [5, 5.41) is 16.9. The fourth-order valence-corrected chi connectivity index (χ4v) is 3.71. The molecule has 6 heteroatoms. The van der Waals surface area contributed by atoms with Gasteiger partial charge < -0.3 is 15.7 Å². The molecule has 21 heavy (non-hydrogen) atoms. The van der Waals surface area contributed by atoms with Gasteiger partial charge in [-0.25, -0.2) is 0 Å². The number of hydrogen-bond acceptors (Lipinski definition) is 4. The van der Waals surface area contributed by atoms with Crippen molar-refractivity contribution >= 4 is 35.0 Å². The molecule has 1 aromatic rings. The standard InChI is InChI=1S/C15H21ClN2O2S/c1-11(17-9-15(20)5-6-21-10-15)7-14(19)18-13-4-2-3-12(16)8-13/h2-4,8,11,17,20H,5-7,9-10H2,1H3,(H,18,19). The number of anilines is 1. The van der Waals surface area contributed by atoms with Gasteiger partial charge in [0.2, 0.25) is 5.91 Å². The zero-order chi connectivity index (χ0) is 15.3. The van der Waals surface area contributed by atoms with Crippen LogP contribution in [-0.4, -0.2) is 40.7 Å². The summed E-state index contributed by atoms with van der Waals surface area (Å²) in [6.45, 7) is 2.48. The summed E-state index contributed by atoms with van der Waals surface area (Å²) in [4.78, 5) is 11.9. The molecule has 2 rings (SSSR count). The Morgan fingerprint density at radius 1 is 1.57 bits per heavy atom. The highest BCUT2D eigenvalue weighted by molar-refractivity contribution is 7.99. The monoisotopic (exact) mass is 328 g/mol. The second-order valence-electron chi connectivity index (χ2n) is 5.57. The van der Waals surface area contributed by atoms with Crippen LogP contribution in [0, 0.1) is 0 Å². The summed E-state index contributed by atoms with van der Waals surface area (Å²) in [7, 11) is 0. The van der Waals surface area contributed by atoms with Crippen LogP contribution in [0.2, 0.25) is 5.02 Å². The van der Waals surface area contributed by atoms with Crippen molar-refractivity contribution in [2.45, 2.75) is 31.4 Å². The number of aliphatic hydroxyl groups is 1. The van der Waals surface area contributed by atoms with E-state index in [1.807, 2.05) is 6.92 Å². The van der Waals surface area contributed by atoms with Gasteiger partial charge in [0.15, 0.2) is 0 Å². The van der Waals surface area contributed by atoms with Crippen LogP contribution in [0.1, 0.15) is 19.8 Å². The van der Waals surface area contributed by atoms with Crippen molar-refractivity contribution in [1.29, 1.82) is 0 Å². The Bertz CT molecular complexity index is 492. The summed E-state index contributed by atoms with van der Waals surface area (Å²) >= 11 is 7.65. The minimum Gasteiger partial charge on any atom is -0.388 e. The highest BCUT2D eigenvalue weighted by Crippen LogP contribution is 2.27. The number of rotatable bonds is 6. The van der Waals surface area contributed by atoms with Gasteiger partial charge >= 0.3 is 0 Å². The van der Waals surface area contributed by atoms with Gasteiger partial charge in [-0.05, 0) is 37.3 Å². The molecule has 116 valence electrons. The molecule has 1 amide bonds. The number of carbonyl (C=O) groups excluding carboxylic acids is 1. The minimum atomic E-state index is -0.623. The molecular weight excluding hydrogens is 308 g/mol. The normalized spacial score (nSPS) is 23.0. The van der Waals surface area contributed by atoms with E-state index in [0.717, 1.165) is 17.9 Å². The lowest BCUT2D eigenvalue weighted by molar-refractivity contribution is -0.116. The first-order chi connectivity index (χ1) is 9.97. The number of nitrogens with one attached hydrogen (secondary N) is 2. The van der Waals surface area contributed by atoms with Crippen molar-refractivity contribution in [2.24, 2.45) is 0 Å². The van der Waals surface area contributed by atoms with Crippen molar-refractivity contribution in [1.82, 2.24) is 5.32 Å². The summed E-state index contributed by atoms with van der Waals surface area (Å²) in [5.41, 5.74) is 0.0769. The van der Waals surface area contributed by atoms with E-state index in [-0.39, 0.29) is 11.9 Å². The molecule has 1 fully saturated rings. The lowest BCUT2D eigenvalue weighted by Gasteiger charge is -2.24. The molecule has 0 radical (unpaired) electrons. The van der Waals surface area contributed by atoms with E-state index in [9.17, 15) is 9.90 Å². The average Bonchev–Trinajstić information content (AvgIpc) is 2.84. The van der Waals surface area contributed by atoms with E-state index in [4.69, 9.17) is 11.6 Å². The number of halogens is 1. The maximum absolute atomic E-state index is 11.9. The first-order valence-electron chi connectivity index (χ1n) is 7.06. The van der Waals surface area contributed by atoms with Crippen LogP contribution < -0.4 is 10.6 Å². The van der Waals surface area contributed by atoms with Crippen LogP contribution in [0.25, 0.3) is 0 Å². The topological polar surface area (TPSA) is 61.4 Å². The zero-order valence-electron chi connectivity index (χ0n) is 12.1. The van der Waals surface area contributed by atoms with E-state index >= 15 is 0 Å². The quantitative estimate of drug-likeness (QED) is 0.751. The van der Waals surface area contributed by atoms with Crippen LogP contribution in [-0.2, 0) is 4.79 Å². The molecule has 0 spiro atoms. The van der Waals surface area contributed by atoms with E-state index in [1.165, 1.54) is 0 Å².